The Hall–Kier alpha value is -2.63. The van der Waals surface area contributed by atoms with Crippen LogP contribution in [0.25, 0.3) is 0 Å². The van der Waals surface area contributed by atoms with Crippen molar-refractivity contribution < 1.29 is 4.79 Å². The van der Waals surface area contributed by atoms with E-state index in [1.54, 1.807) is 6.33 Å². The van der Waals surface area contributed by atoms with Crippen molar-refractivity contribution >= 4 is 17.5 Å². The topological polar surface area (TPSA) is 61.4 Å². The number of carbonyl (C=O) groups excluding carboxylic acids is 1. The van der Waals surface area contributed by atoms with Crippen molar-refractivity contribution in [2.75, 3.05) is 36.9 Å². The average Bonchev–Trinajstić information content (AvgIpc) is 3.61. The maximum Gasteiger partial charge on any atom is 0.222 e. The van der Waals surface area contributed by atoms with Gasteiger partial charge < -0.3 is 15.1 Å². The van der Waals surface area contributed by atoms with Crippen molar-refractivity contribution in [1.82, 2.24) is 14.9 Å². The van der Waals surface area contributed by atoms with Crippen LogP contribution in [0.1, 0.15) is 44.1 Å². The van der Waals surface area contributed by atoms with E-state index in [1.165, 1.54) is 18.4 Å². The lowest BCUT2D eigenvalue weighted by molar-refractivity contribution is -0.130. The van der Waals surface area contributed by atoms with Gasteiger partial charge in [0.1, 0.15) is 18.0 Å². The summed E-state index contributed by atoms with van der Waals surface area (Å²) in [5.74, 6) is 2.84. The molecule has 0 atom stereocenters. The predicted octanol–water partition coefficient (Wildman–Crippen LogP) is 3.75. The predicted molar refractivity (Wildman–Crippen MR) is 121 cm³/mol. The van der Waals surface area contributed by atoms with E-state index in [0.29, 0.717) is 18.4 Å². The molecule has 6 nitrogen and oxygen atoms in total. The minimum atomic E-state index is 0.264. The van der Waals surface area contributed by atoms with E-state index in [-0.39, 0.29) is 5.91 Å². The van der Waals surface area contributed by atoms with Crippen molar-refractivity contribution in [3.8, 4) is 0 Å². The van der Waals surface area contributed by atoms with Gasteiger partial charge in [-0.15, -0.1) is 0 Å². The third-order valence-corrected chi connectivity index (χ3v) is 6.29. The molecule has 0 spiro atoms. The van der Waals surface area contributed by atoms with Crippen LogP contribution in [0.5, 0.6) is 0 Å². The Morgan fingerprint density at radius 1 is 1.13 bits per heavy atom. The first-order valence-corrected chi connectivity index (χ1v) is 11.3. The SMILES string of the molecule is CN(CCc1ccccc1)C(=O)CCC1CCN(c2cc(NC3CC3)ncn2)CC1. The normalized spacial score (nSPS) is 17.0. The minimum Gasteiger partial charge on any atom is -0.367 e. The molecule has 6 heteroatoms. The molecule has 1 aliphatic heterocycles. The first kappa shape index (κ1) is 20.6. The van der Waals surface area contributed by atoms with Crippen LogP contribution in [0.4, 0.5) is 11.6 Å². The first-order chi connectivity index (χ1) is 14.7. The Bertz CT molecular complexity index is 815. The van der Waals surface area contributed by atoms with Gasteiger partial charge in [0.25, 0.3) is 0 Å². The summed E-state index contributed by atoms with van der Waals surface area (Å²) in [5.41, 5.74) is 1.28. The second kappa shape index (κ2) is 9.92. The number of anilines is 2. The summed E-state index contributed by atoms with van der Waals surface area (Å²) in [6.45, 7) is 2.79. The van der Waals surface area contributed by atoms with Crippen LogP contribution >= 0.6 is 0 Å². The monoisotopic (exact) mass is 407 g/mol. The molecular weight excluding hydrogens is 374 g/mol. The van der Waals surface area contributed by atoms with E-state index in [9.17, 15) is 4.79 Å². The van der Waals surface area contributed by atoms with Gasteiger partial charge in [-0.1, -0.05) is 30.3 Å². The fraction of sp³-hybridized carbons (Fsp3) is 0.542. The number of carbonyl (C=O) groups is 1. The first-order valence-electron chi connectivity index (χ1n) is 11.3. The lowest BCUT2D eigenvalue weighted by Gasteiger charge is -2.33. The summed E-state index contributed by atoms with van der Waals surface area (Å²) < 4.78 is 0. The van der Waals surface area contributed by atoms with E-state index in [0.717, 1.165) is 57.0 Å². The van der Waals surface area contributed by atoms with Gasteiger partial charge in [-0.2, -0.15) is 0 Å². The number of amides is 1. The molecule has 0 radical (unpaired) electrons. The molecule has 1 N–H and O–H groups in total. The number of benzene rings is 1. The fourth-order valence-electron chi connectivity index (χ4n) is 4.07. The Labute approximate surface area is 179 Å². The van der Waals surface area contributed by atoms with Gasteiger partial charge in [-0.05, 0) is 50.0 Å². The van der Waals surface area contributed by atoms with Gasteiger partial charge in [0, 0.05) is 45.2 Å². The van der Waals surface area contributed by atoms with E-state index < -0.39 is 0 Å². The Kier molecular flexibility index (Phi) is 6.82. The molecule has 1 aliphatic carbocycles. The summed E-state index contributed by atoms with van der Waals surface area (Å²) >= 11 is 0. The Morgan fingerprint density at radius 2 is 1.90 bits per heavy atom. The van der Waals surface area contributed by atoms with Gasteiger partial charge in [-0.3, -0.25) is 4.79 Å². The summed E-state index contributed by atoms with van der Waals surface area (Å²) in [7, 11) is 1.93. The number of nitrogens with one attached hydrogen (secondary N) is 1. The lowest BCUT2D eigenvalue weighted by atomic mass is 9.92. The maximum atomic E-state index is 12.5. The van der Waals surface area contributed by atoms with Crippen LogP contribution in [0, 0.1) is 5.92 Å². The van der Waals surface area contributed by atoms with Gasteiger partial charge in [-0.25, -0.2) is 9.97 Å². The van der Waals surface area contributed by atoms with Crippen LogP contribution in [0.15, 0.2) is 42.7 Å². The van der Waals surface area contributed by atoms with E-state index in [1.807, 2.05) is 18.0 Å². The van der Waals surface area contributed by atoms with Crippen LogP contribution < -0.4 is 10.2 Å². The maximum absolute atomic E-state index is 12.5. The molecule has 30 heavy (non-hydrogen) atoms. The molecule has 2 heterocycles. The number of rotatable bonds is 9. The molecule has 1 aromatic carbocycles. The molecule has 1 amide bonds. The standard InChI is InChI=1S/C24H33N5O/c1-28(14-11-19-5-3-2-4-6-19)24(30)10-7-20-12-15-29(16-13-20)23-17-22(25-18-26-23)27-21-8-9-21/h2-6,17-18,20-21H,7-16H2,1H3,(H,25,26,27). The second-order valence-corrected chi connectivity index (χ2v) is 8.70. The van der Waals surface area contributed by atoms with Crippen LogP contribution in [-0.2, 0) is 11.2 Å². The Morgan fingerprint density at radius 3 is 2.63 bits per heavy atom. The van der Waals surface area contributed by atoms with E-state index in [2.05, 4.69) is 50.5 Å². The molecule has 2 aromatic rings. The smallest absolute Gasteiger partial charge is 0.222 e. The van der Waals surface area contributed by atoms with Crippen LogP contribution in [-0.4, -0.2) is 53.5 Å². The fourth-order valence-corrected chi connectivity index (χ4v) is 4.07. The molecule has 4 rings (SSSR count). The number of hydrogen-bond donors (Lipinski definition) is 1. The molecular formula is C24H33N5O. The molecule has 1 saturated carbocycles. The number of likely N-dealkylation sites (N-methyl/N-ethyl adjacent to an activating group) is 1. The van der Waals surface area contributed by atoms with Crippen LogP contribution in [0.2, 0.25) is 0 Å². The summed E-state index contributed by atoms with van der Waals surface area (Å²) in [6.07, 6.45) is 8.94. The lowest BCUT2D eigenvalue weighted by Crippen LogP contribution is -2.35. The highest BCUT2D eigenvalue weighted by Crippen LogP contribution is 2.28. The van der Waals surface area contributed by atoms with Gasteiger partial charge >= 0.3 is 0 Å². The number of piperidine rings is 1. The summed E-state index contributed by atoms with van der Waals surface area (Å²) in [4.78, 5) is 25.6. The van der Waals surface area contributed by atoms with Crippen molar-refractivity contribution in [3.05, 3.63) is 48.3 Å². The second-order valence-electron chi connectivity index (χ2n) is 8.70. The van der Waals surface area contributed by atoms with E-state index >= 15 is 0 Å². The summed E-state index contributed by atoms with van der Waals surface area (Å²) in [6, 6.07) is 13.0. The molecule has 0 unspecified atom stereocenters. The van der Waals surface area contributed by atoms with Gasteiger partial charge in [0.05, 0.1) is 0 Å². The van der Waals surface area contributed by atoms with Crippen molar-refractivity contribution in [3.63, 3.8) is 0 Å². The van der Waals surface area contributed by atoms with Crippen molar-refractivity contribution in [1.29, 1.82) is 0 Å². The zero-order valence-corrected chi connectivity index (χ0v) is 18.0. The van der Waals surface area contributed by atoms with Crippen molar-refractivity contribution in [2.24, 2.45) is 5.92 Å². The molecule has 1 aromatic heterocycles. The van der Waals surface area contributed by atoms with Crippen LogP contribution in [0.3, 0.4) is 0 Å². The quantitative estimate of drug-likeness (QED) is 0.686. The number of hydrogen-bond acceptors (Lipinski definition) is 5. The molecule has 2 fully saturated rings. The molecule has 160 valence electrons. The molecule has 1 saturated heterocycles. The van der Waals surface area contributed by atoms with Gasteiger partial charge in [0.15, 0.2) is 0 Å². The third-order valence-electron chi connectivity index (χ3n) is 6.29. The largest absolute Gasteiger partial charge is 0.367 e. The van der Waals surface area contributed by atoms with Gasteiger partial charge in [0.2, 0.25) is 5.91 Å². The number of nitrogens with zero attached hydrogens (tertiary/aromatic N) is 4. The highest BCUT2D eigenvalue weighted by Gasteiger charge is 2.24. The highest BCUT2D eigenvalue weighted by atomic mass is 16.2. The summed E-state index contributed by atoms with van der Waals surface area (Å²) in [5, 5.41) is 3.45. The average molecular weight is 408 g/mol. The third kappa shape index (κ3) is 5.94. The molecule has 0 bridgehead atoms. The minimum absolute atomic E-state index is 0.264. The zero-order valence-electron chi connectivity index (χ0n) is 18.0. The molecule has 2 aliphatic rings. The highest BCUT2D eigenvalue weighted by molar-refractivity contribution is 5.75. The zero-order chi connectivity index (χ0) is 20.8. The Balaban J connectivity index is 1.17. The van der Waals surface area contributed by atoms with E-state index in [4.69, 9.17) is 0 Å². The number of aromatic nitrogens is 2. The van der Waals surface area contributed by atoms with Crippen molar-refractivity contribution in [2.45, 2.75) is 51.0 Å².